The quantitative estimate of drug-likeness (QED) is 0.340. The minimum absolute atomic E-state index is 0.920. The van der Waals surface area contributed by atoms with Crippen molar-refractivity contribution in [1.82, 2.24) is 0 Å². The topological polar surface area (TPSA) is 21.6 Å². The first-order valence-electron chi connectivity index (χ1n) is 4.05. The summed E-state index contributed by atoms with van der Waals surface area (Å²) in [4.78, 5) is 4.60. The van der Waals surface area contributed by atoms with Gasteiger partial charge in [0.2, 0.25) is 0 Å². The zero-order valence-electron chi connectivity index (χ0n) is 7.63. The van der Waals surface area contributed by atoms with E-state index in [0.717, 1.165) is 12.1 Å². The molecule has 0 saturated heterocycles. The van der Waals surface area contributed by atoms with Crippen LogP contribution in [0.15, 0.2) is 17.3 Å². The van der Waals surface area contributed by atoms with Gasteiger partial charge in [0.25, 0.3) is 0 Å². The maximum atomic E-state index is 4.60. The third-order valence-electron chi connectivity index (χ3n) is 1.32. The third-order valence-corrected chi connectivity index (χ3v) is 1.32. The maximum Gasteiger partial charge on any atom is 0.106 e. The summed E-state index contributed by atoms with van der Waals surface area (Å²) < 4.78 is 0. The van der Waals surface area contributed by atoms with Crippen molar-refractivity contribution in [2.24, 2.45) is 5.16 Å². The van der Waals surface area contributed by atoms with E-state index in [1.165, 1.54) is 12.8 Å². The normalized spacial score (nSPS) is 12.5. The van der Waals surface area contributed by atoms with Gasteiger partial charge in [0, 0.05) is 0 Å². The number of nitrogens with zero attached hydrogens (tertiary/aromatic N) is 1. The molecule has 2 nitrogen and oxygen atoms in total. The zero-order valence-corrected chi connectivity index (χ0v) is 7.63. The van der Waals surface area contributed by atoms with Crippen LogP contribution >= 0.6 is 0 Å². The van der Waals surface area contributed by atoms with Crippen LogP contribution in [0.1, 0.15) is 33.1 Å². The third kappa shape index (κ3) is 7.10. The van der Waals surface area contributed by atoms with Crippen molar-refractivity contribution in [3.05, 3.63) is 12.2 Å². The van der Waals surface area contributed by atoms with Gasteiger partial charge in [0.15, 0.2) is 0 Å². The molecule has 0 amide bonds. The first-order valence-corrected chi connectivity index (χ1v) is 4.05. The zero-order chi connectivity index (χ0) is 8.53. The molecule has 11 heavy (non-hydrogen) atoms. The van der Waals surface area contributed by atoms with E-state index in [-0.39, 0.29) is 0 Å². The molecule has 0 radical (unpaired) electrons. The van der Waals surface area contributed by atoms with Crippen molar-refractivity contribution in [3.63, 3.8) is 0 Å². The van der Waals surface area contributed by atoms with Crippen LogP contribution < -0.4 is 0 Å². The van der Waals surface area contributed by atoms with E-state index in [0.29, 0.717) is 0 Å². The Balaban J connectivity index is 3.48. The smallest absolute Gasteiger partial charge is 0.106 e. The lowest BCUT2D eigenvalue weighted by Crippen LogP contribution is -1.84. The highest BCUT2D eigenvalue weighted by atomic mass is 16.6. The summed E-state index contributed by atoms with van der Waals surface area (Å²) in [6.07, 6.45) is 7.73. The Kier molecular flexibility index (Phi) is 6.79. The minimum atomic E-state index is 0.920. The first-order chi connectivity index (χ1) is 5.31. The lowest BCUT2D eigenvalue weighted by molar-refractivity contribution is 0.213. The molecule has 0 unspecified atom stereocenters. The molecule has 0 spiro atoms. The van der Waals surface area contributed by atoms with Crippen molar-refractivity contribution in [2.45, 2.75) is 33.1 Å². The second kappa shape index (κ2) is 7.32. The molecule has 64 valence electrons. The number of oxime groups is 1. The number of hydrogen-bond donors (Lipinski definition) is 0. The fraction of sp³-hybridized carbons (Fsp3) is 0.667. The summed E-state index contributed by atoms with van der Waals surface area (Å²) >= 11 is 0. The van der Waals surface area contributed by atoms with Gasteiger partial charge in [0.05, 0.1) is 5.71 Å². The average molecular weight is 155 g/mol. The van der Waals surface area contributed by atoms with Crippen LogP contribution in [-0.2, 0) is 4.84 Å². The Hall–Kier alpha value is -0.790. The highest BCUT2D eigenvalue weighted by Gasteiger charge is 1.82. The molecular weight excluding hydrogens is 138 g/mol. The van der Waals surface area contributed by atoms with E-state index in [2.05, 4.69) is 23.0 Å². The van der Waals surface area contributed by atoms with Crippen LogP contribution in [0.4, 0.5) is 0 Å². The van der Waals surface area contributed by atoms with Crippen molar-refractivity contribution in [3.8, 4) is 0 Å². The summed E-state index contributed by atoms with van der Waals surface area (Å²) in [5, 5.41) is 3.75. The molecule has 0 rings (SSSR count). The summed E-state index contributed by atoms with van der Waals surface area (Å²) in [5.41, 5.74) is 0.920. The van der Waals surface area contributed by atoms with Crippen molar-refractivity contribution in [2.75, 3.05) is 7.11 Å². The van der Waals surface area contributed by atoms with Gasteiger partial charge in [-0.2, -0.15) is 0 Å². The van der Waals surface area contributed by atoms with Crippen molar-refractivity contribution >= 4 is 5.71 Å². The largest absolute Gasteiger partial charge is 0.399 e. The molecule has 0 aliphatic heterocycles. The fourth-order valence-electron chi connectivity index (χ4n) is 0.750. The highest BCUT2D eigenvalue weighted by Crippen LogP contribution is 1.95. The van der Waals surface area contributed by atoms with Crippen molar-refractivity contribution in [1.29, 1.82) is 0 Å². The number of rotatable bonds is 5. The fourth-order valence-corrected chi connectivity index (χ4v) is 0.750. The Morgan fingerprint density at radius 3 is 2.82 bits per heavy atom. The van der Waals surface area contributed by atoms with Crippen LogP contribution in [0.2, 0.25) is 0 Å². The van der Waals surface area contributed by atoms with Gasteiger partial charge < -0.3 is 4.84 Å². The van der Waals surface area contributed by atoms with Crippen LogP contribution in [0.25, 0.3) is 0 Å². The number of hydrogen-bond acceptors (Lipinski definition) is 2. The van der Waals surface area contributed by atoms with Gasteiger partial charge in [-0.1, -0.05) is 31.0 Å². The molecular formula is C9H17NO. The van der Waals surface area contributed by atoms with E-state index < -0.39 is 0 Å². The standard InChI is InChI=1S/C9H17NO/c1-4-5-6-7-8-9(2)10-11-3/h7-8H,4-6H2,1-3H3/b8-7+,10-9-. The predicted molar refractivity (Wildman–Crippen MR) is 48.8 cm³/mol. The van der Waals surface area contributed by atoms with Crippen LogP contribution in [0.5, 0.6) is 0 Å². The highest BCUT2D eigenvalue weighted by molar-refractivity contribution is 5.92. The van der Waals surface area contributed by atoms with Crippen LogP contribution in [-0.4, -0.2) is 12.8 Å². The van der Waals surface area contributed by atoms with Crippen molar-refractivity contribution < 1.29 is 4.84 Å². The number of allylic oxidation sites excluding steroid dienone is 2. The summed E-state index contributed by atoms with van der Waals surface area (Å²) in [7, 11) is 1.56. The second-order valence-corrected chi connectivity index (χ2v) is 2.46. The molecule has 0 aliphatic rings. The van der Waals surface area contributed by atoms with Gasteiger partial charge in [-0.15, -0.1) is 0 Å². The predicted octanol–water partition coefficient (Wildman–Crippen LogP) is 2.76. The second-order valence-electron chi connectivity index (χ2n) is 2.46. The van der Waals surface area contributed by atoms with E-state index in [1.807, 2.05) is 13.0 Å². The van der Waals surface area contributed by atoms with E-state index in [9.17, 15) is 0 Å². The van der Waals surface area contributed by atoms with Gasteiger partial charge in [-0.3, -0.25) is 0 Å². The summed E-state index contributed by atoms with van der Waals surface area (Å²) in [6, 6.07) is 0. The molecule has 0 aromatic carbocycles. The van der Waals surface area contributed by atoms with Gasteiger partial charge in [0.1, 0.15) is 7.11 Å². The lowest BCUT2D eigenvalue weighted by Gasteiger charge is -1.90. The molecule has 0 aromatic rings. The first kappa shape index (κ1) is 10.2. The molecule has 0 atom stereocenters. The molecule has 0 aliphatic carbocycles. The Bertz CT molecular complexity index is 138. The Labute approximate surface area is 68.9 Å². The summed E-state index contributed by atoms with van der Waals surface area (Å²) in [5.74, 6) is 0. The SMILES string of the molecule is CCCC/C=C/C(C)=N\OC. The molecule has 0 saturated carbocycles. The van der Waals surface area contributed by atoms with E-state index >= 15 is 0 Å². The number of unbranched alkanes of at least 4 members (excludes halogenated alkanes) is 2. The monoisotopic (exact) mass is 155 g/mol. The van der Waals surface area contributed by atoms with E-state index in [1.54, 1.807) is 7.11 Å². The van der Waals surface area contributed by atoms with Crippen LogP contribution in [0, 0.1) is 0 Å². The minimum Gasteiger partial charge on any atom is -0.399 e. The lowest BCUT2D eigenvalue weighted by atomic mass is 10.2. The molecule has 0 aromatic heterocycles. The van der Waals surface area contributed by atoms with Gasteiger partial charge >= 0.3 is 0 Å². The summed E-state index contributed by atoms with van der Waals surface area (Å²) in [6.45, 7) is 4.11. The van der Waals surface area contributed by atoms with Crippen LogP contribution in [0.3, 0.4) is 0 Å². The molecule has 0 fully saturated rings. The van der Waals surface area contributed by atoms with Gasteiger partial charge in [-0.25, -0.2) is 0 Å². The average Bonchev–Trinajstić information content (AvgIpc) is 1.99. The molecule has 2 heteroatoms. The molecule has 0 N–H and O–H groups in total. The van der Waals surface area contributed by atoms with E-state index in [4.69, 9.17) is 0 Å². The molecule has 0 bridgehead atoms. The van der Waals surface area contributed by atoms with Gasteiger partial charge in [-0.05, 0) is 19.4 Å². The Morgan fingerprint density at radius 2 is 2.27 bits per heavy atom. The molecule has 0 heterocycles. The Morgan fingerprint density at radius 1 is 1.55 bits per heavy atom. The maximum absolute atomic E-state index is 4.60.